The summed E-state index contributed by atoms with van der Waals surface area (Å²) >= 11 is 0. The molecule has 0 saturated carbocycles. The number of benzene rings is 3. The molecule has 1 N–H and O–H groups in total. The summed E-state index contributed by atoms with van der Waals surface area (Å²) in [4.78, 5) is 39.0. The van der Waals surface area contributed by atoms with Crippen LogP contribution in [-0.2, 0) is 29.0 Å². The van der Waals surface area contributed by atoms with Crippen LogP contribution in [0, 0.1) is 10.1 Å². The lowest BCUT2D eigenvalue weighted by Gasteiger charge is -2.31. The normalized spacial score (nSPS) is 11.4. The molecule has 0 aromatic heterocycles. The summed E-state index contributed by atoms with van der Waals surface area (Å²) in [6, 6.07) is 22.0. The maximum absolute atomic E-state index is 13.6. The minimum atomic E-state index is -0.811. The molecule has 0 aliphatic rings. The van der Waals surface area contributed by atoms with Crippen molar-refractivity contribution in [1.29, 1.82) is 0 Å². The summed E-state index contributed by atoms with van der Waals surface area (Å²) < 4.78 is 5.30. The molecule has 0 heterocycles. The Balaban J connectivity index is 1.99. The monoisotopic (exact) mass is 461 g/mol. The van der Waals surface area contributed by atoms with Gasteiger partial charge < -0.3 is 15.0 Å². The van der Waals surface area contributed by atoms with Crippen molar-refractivity contribution in [1.82, 2.24) is 10.2 Å². The molecule has 0 saturated heterocycles. The highest BCUT2D eigenvalue weighted by Gasteiger charge is 2.31. The van der Waals surface area contributed by atoms with Crippen molar-refractivity contribution in [3.8, 4) is 5.75 Å². The van der Waals surface area contributed by atoms with Crippen molar-refractivity contribution in [2.45, 2.75) is 25.4 Å². The number of amides is 2. The van der Waals surface area contributed by atoms with Crippen LogP contribution in [-0.4, -0.2) is 41.8 Å². The average molecular weight is 462 g/mol. The number of hydrogen-bond donors (Lipinski definition) is 1. The first-order valence-corrected chi connectivity index (χ1v) is 10.8. The Kier molecular flexibility index (Phi) is 8.34. The first kappa shape index (κ1) is 24.4. The molecule has 34 heavy (non-hydrogen) atoms. The van der Waals surface area contributed by atoms with E-state index in [2.05, 4.69) is 5.32 Å². The van der Waals surface area contributed by atoms with Crippen molar-refractivity contribution in [3.63, 3.8) is 0 Å². The number of likely N-dealkylation sites (N-methyl/N-ethyl adjacent to an activating group) is 1. The van der Waals surface area contributed by atoms with E-state index in [4.69, 9.17) is 4.74 Å². The van der Waals surface area contributed by atoms with Crippen molar-refractivity contribution in [2.24, 2.45) is 0 Å². The fraction of sp³-hybridized carbons (Fsp3) is 0.231. The minimum absolute atomic E-state index is 0.128. The van der Waals surface area contributed by atoms with Gasteiger partial charge in [0.15, 0.2) is 0 Å². The molecule has 0 bridgehead atoms. The number of nitrogens with zero attached hydrogens (tertiary/aromatic N) is 2. The first-order chi connectivity index (χ1) is 16.4. The van der Waals surface area contributed by atoms with Gasteiger partial charge in [-0.1, -0.05) is 60.7 Å². The lowest BCUT2D eigenvalue weighted by atomic mass is 10.0. The second kappa shape index (κ2) is 11.6. The summed E-state index contributed by atoms with van der Waals surface area (Å²) in [5.74, 6) is -0.0764. The van der Waals surface area contributed by atoms with Gasteiger partial charge in [-0.15, -0.1) is 0 Å². The third-order valence-corrected chi connectivity index (χ3v) is 5.53. The fourth-order valence-corrected chi connectivity index (χ4v) is 3.79. The van der Waals surface area contributed by atoms with Gasteiger partial charge in [0.25, 0.3) is 5.69 Å². The zero-order valence-electron chi connectivity index (χ0n) is 19.1. The average Bonchev–Trinajstić information content (AvgIpc) is 2.86. The summed E-state index contributed by atoms with van der Waals surface area (Å²) in [5.41, 5.74) is 1.84. The van der Waals surface area contributed by atoms with E-state index in [0.717, 1.165) is 11.1 Å². The third-order valence-electron chi connectivity index (χ3n) is 5.53. The summed E-state index contributed by atoms with van der Waals surface area (Å²) in [7, 11) is 3.08. The highest BCUT2D eigenvalue weighted by molar-refractivity contribution is 5.89. The van der Waals surface area contributed by atoms with E-state index < -0.39 is 11.0 Å². The van der Waals surface area contributed by atoms with E-state index in [-0.39, 0.29) is 30.5 Å². The molecular weight excluding hydrogens is 434 g/mol. The van der Waals surface area contributed by atoms with Crippen molar-refractivity contribution >= 4 is 17.5 Å². The molecule has 1 atom stereocenters. The molecule has 3 aromatic rings. The van der Waals surface area contributed by atoms with Crippen LogP contribution in [0.15, 0.2) is 78.9 Å². The molecule has 0 fully saturated rings. The van der Waals surface area contributed by atoms with Crippen molar-refractivity contribution in [2.75, 3.05) is 14.2 Å². The van der Waals surface area contributed by atoms with Gasteiger partial charge in [-0.3, -0.25) is 19.7 Å². The van der Waals surface area contributed by atoms with E-state index >= 15 is 0 Å². The number of hydrogen-bond acceptors (Lipinski definition) is 5. The van der Waals surface area contributed by atoms with Gasteiger partial charge in [-0.25, -0.2) is 0 Å². The number of para-hydroxylation sites is 1. The topological polar surface area (TPSA) is 102 Å². The van der Waals surface area contributed by atoms with Crippen LogP contribution in [0.3, 0.4) is 0 Å². The van der Waals surface area contributed by atoms with Crippen LogP contribution < -0.4 is 10.1 Å². The van der Waals surface area contributed by atoms with Crippen LogP contribution >= 0.6 is 0 Å². The van der Waals surface area contributed by atoms with Crippen LogP contribution in [0.5, 0.6) is 5.75 Å². The van der Waals surface area contributed by atoms with Crippen LogP contribution in [0.2, 0.25) is 0 Å². The smallest absolute Gasteiger partial charge is 0.273 e. The van der Waals surface area contributed by atoms with Gasteiger partial charge in [-0.05, 0) is 23.3 Å². The minimum Gasteiger partial charge on any atom is -0.497 e. The number of methoxy groups -OCH3 is 1. The molecule has 8 heteroatoms. The van der Waals surface area contributed by atoms with E-state index in [1.807, 2.05) is 42.5 Å². The summed E-state index contributed by atoms with van der Waals surface area (Å²) in [6.07, 6.45) is 0.0938. The Morgan fingerprint density at radius 2 is 1.68 bits per heavy atom. The lowest BCUT2D eigenvalue weighted by molar-refractivity contribution is -0.385. The standard InChI is InChI=1S/C26H27N3O5/c1-27-26(31)24(16-19-9-4-3-5-10-19)28(18-20-11-8-13-22(15-20)34-2)25(30)17-21-12-6-7-14-23(21)29(32)33/h3-15,24H,16-18H2,1-2H3,(H,27,31)/t24-/m1/s1. The Bertz CT molecular complexity index is 1150. The highest BCUT2D eigenvalue weighted by Crippen LogP contribution is 2.22. The van der Waals surface area contributed by atoms with Crippen LogP contribution in [0.25, 0.3) is 0 Å². The lowest BCUT2D eigenvalue weighted by Crippen LogP contribution is -2.50. The van der Waals surface area contributed by atoms with E-state index in [0.29, 0.717) is 17.7 Å². The maximum atomic E-state index is 13.6. The second-order valence-electron chi connectivity index (χ2n) is 7.76. The van der Waals surface area contributed by atoms with Gasteiger partial charge in [0.05, 0.1) is 18.5 Å². The number of carbonyl (C=O) groups excluding carboxylic acids is 2. The number of rotatable bonds is 10. The van der Waals surface area contributed by atoms with Gasteiger partial charge in [0, 0.05) is 31.6 Å². The van der Waals surface area contributed by atoms with E-state index in [9.17, 15) is 19.7 Å². The number of nitro benzene ring substituents is 1. The quantitative estimate of drug-likeness (QED) is 0.368. The fourth-order valence-electron chi connectivity index (χ4n) is 3.79. The molecule has 0 unspecified atom stereocenters. The molecule has 0 aliphatic carbocycles. The molecule has 0 radical (unpaired) electrons. The molecular formula is C26H27N3O5. The van der Waals surface area contributed by atoms with E-state index in [1.165, 1.54) is 18.0 Å². The first-order valence-electron chi connectivity index (χ1n) is 10.8. The zero-order valence-corrected chi connectivity index (χ0v) is 19.1. The van der Waals surface area contributed by atoms with Crippen molar-refractivity contribution < 1.29 is 19.2 Å². The Morgan fingerprint density at radius 3 is 2.35 bits per heavy atom. The molecule has 8 nitrogen and oxygen atoms in total. The number of ether oxygens (including phenoxy) is 1. The van der Waals surface area contributed by atoms with Gasteiger partial charge in [-0.2, -0.15) is 0 Å². The number of nitro groups is 1. The molecule has 3 rings (SSSR count). The molecule has 0 spiro atoms. The molecule has 0 aliphatic heterocycles. The molecule has 2 amide bonds. The summed E-state index contributed by atoms with van der Waals surface area (Å²) in [5, 5.41) is 14.1. The largest absolute Gasteiger partial charge is 0.497 e. The molecule has 3 aromatic carbocycles. The number of carbonyl (C=O) groups is 2. The Morgan fingerprint density at radius 1 is 1.00 bits per heavy atom. The zero-order chi connectivity index (χ0) is 24.5. The maximum Gasteiger partial charge on any atom is 0.273 e. The van der Waals surface area contributed by atoms with Crippen LogP contribution in [0.1, 0.15) is 16.7 Å². The number of nitrogens with one attached hydrogen (secondary N) is 1. The predicted molar refractivity (Wildman–Crippen MR) is 128 cm³/mol. The third kappa shape index (κ3) is 6.19. The van der Waals surface area contributed by atoms with Crippen LogP contribution in [0.4, 0.5) is 5.69 Å². The molecule has 176 valence electrons. The second-order valence-corrected chi connectivity index (χ2v) is 7.76. The highest BCUT2D eigenvalue weighted by atomic mass is 16.6. The predicted octanol–water partition coefficient (Wildman–Crippen LogP) is 3.53. The SMILES string of the molecule is CNC(=O)[C@@H](Cc1ccccc1)N(Cc1cccc(OC)c1)C(=O)Cc1ccccc1[N+](=O)[O-]. The summed E-state index contributed by atoms with van der Waals surface area (Å²) in [6.45, 7) is 0.140. The van der Waals surface area contributed by atoms with Gasteiger partial charge >= 0.3 is 0 Å². The van der Waals surface area contributed by atoms with Gasteiger partial charge in [0.2, 0.25) is 11.8 Å². The van der Waals surface area contributed by atoms with Gasteiger partial charge in [0.1, 0.15) is 11.8 Å². The van der Waals surface area contributed by atoms with E-state index in [1.54, 1.807) is 37.4 Å². The van der Waals surface area contributed by atoms with Crippen molar-refractivity contribution in [3.05, 3.63) is 106 Å². The Labute approximate surface area is 198 Å². The Hall–Kier alpha value is -4.20.